The number of hydrogen-bond acceptors (Lipinski definition) is 2. The fourth-order valence-corrected chi connectivity index (χ4v) is 5.14. The van der Waals surface area contributed by atoms with E-state index in [0.29, 0.717) is 0 Å². The summed E-state index contributed by atoms with van der Waals surface area (Å²) in [5.74, 6) is 0. The topological polar surface area (TPSA) is 12.9 Å². The van der Waals surface area contributed by atoms with E-state index in [4.69, 9.17) is 4.98 Å². The molecule has 0 atom stereocenters. The summed E-state index contributed by atoms with van der Waals surface area (Å²) in [5.41, 5.74) is 2.38. The molecule has 4 aromatic carbocycles. The van der Waals surface area contributed by atoms with Crippen molar-refractivity contribution in [2.45, 2.75) is 0 Å². The summed E-state index contributed by atoms with van der Waals surface area (Å²) in [6.45, 7) is 0. The fraction of sp³-hybridized carbons (Fsp3) is 0. The number of aromatic nitrogens is 1. The van der Waals surface area contributed by atoms with Crippen LogP contribution in [0.3, 0.4) is 0 Å². The van der Waals surface area contributed by atoms with Crippen molar-refractivity contribution in [3.8, 4) is 0 Å². The van der Waals surface area contributed by atoms with E-state index >= 15 is 0 Å². The minimum atomic E-state index is 1.03. The van der Waals surface area contributed by atoms with E-state index < -0.39 is 0 Å². The third-order valence-corrected chi connectivity index (χ3v) is 6.97. The molecule has 0 amide bonds. The Bertz CT molecular complexity index is 1260. The van der Waals surface area contributed by atoms with Gasteiger partial charge in [0.05, 0.1) is 0 Å². The quantitative estimate of drug-likeness (QED) is 0.216. The molecule has 29 heavy (non-hydrogen) atoms. The Kier molecular flexibility index (Phi) is 4.99. The molecule has 0 saturated heterocycles. The van der Waals surface area contributed by atoms with Gasteiger partial charge in [0.1, 0.15) is 0 Å². The Morgan fingerprint density at radius 3 is 1.76 bits per heavy atom. The first-order valence-electron chi connectivity index (χ1n) is 9.47. The second-order valence-corrected chi connectivity index (χ2v) is 9.00. The van der Waals surface area contributed by atoms with Gasteiger partial charge in [0.25, 0.3) is 0 Å². The SMILES string of the molecule is C(=C\c1nc(/C=C/c2ccc3ccccc3c2)[s+]s1)/c1ccc2ccccc2c1. The maximum absolute atomic E-state index is 4.73. The van der Waals surface area contributed by atoms with Crippen molar-refractivity contribution in [2.75, 3.05) is 0 Å². The van der Waals surface area contributed by atoms with E-state index in [-0.39, 0.29) is 0 Å². The summed E-state index contributed by atoms with van der Waals surface area (Å²) in [7, 11) is 3.41. The molecule has 0 fully saturated rings. The summed E-state index contributed by atoms with van der Waals surface area (Å²) in [6.07, 6.45) is 8.46. The first-order valence-corrected chi connectivity index (χ1v) is 11.6. The van der Waals surface area contributed by atoms with Crippen LogP contribution in [0.25, 0.3) is 45.8 Å². The van der Waals surface area contributed by atoms with Crippen LogP contribution >= 0.6 is 20.7 Å². The van der Waals surface area contributed by atoms with Crippen molar-refractivity contribution in [3.05, 3.63) is 106 Å². The third kappa shape index (κ3) is 4.16. The molecular formula is C26H18NS2+. The van der Waals surface area contributed by atoms with Crippen LogP contribution in [0.2, 0.25) is 0 Å². The molecule has 1 heterocycles. The fourth-order valence-electron chi connectivity index (χ4n) is 3.32. The zero-order valence-corrected chi connectivity index (χ0v) is 17.3. The first-order chi connectivity index (χ1) is 14.3. The predicted molar refractivity (Wildman–Crippen MR) is 130 cm³/mol. The van der Waals surface area contributed by atoms with Gasteiger partial charge in [0.2, 0.25) is 0 Å². The monoisotopic (exact) mass is 408 g/mol. The van der Waals surface area contributed by atoms with Crippen molar-refractivity contribution in [3.63, 3.8) is 0 Å². The highest BCUT2D eigenvalue weighted by atomic mass is 32.9. The summed E-state index contributed by atoms with van der Waals surface area (Å²) in [6, 6.07) is 29.9. The van der Waals surface area contributed by atoms with E-state index in [0.717, 1.165) is 10.0 Å². The normalized spacial score (nSPS) is 11.9. The van der Waals surface area contributed by atoms with Gasteiger partial charge in [0.15, 0.2) is 15.3 Å². The standard InChI is InChI=1S/C26H18NS2/c1-3-7-23-17-19(9-13-21(23)5-1)11-15-25-27-26(29-28-25)16-12-20-10-14-22-6-2-4-8-24(22)18-20/h1-18H/q+1/b15-11+,16-12+. The zero-order valence-electron chi connectivity index (χ0n) is 15.7. The van der Waals surface area contributed by atoms with Gasteiger partial charge in [0, 0.05) is 6.08 Å². The largest absolute Gasteiger partial charge is 0.341 e. The summed E-state index contributed by atoms with van der Waals surface area (Å²) in [4.78, 5) is 4.73. The molecule has 0 aliphatic carbocycles. The molecule has 5 rings (SSSR count). The maximum Gasteiger partial charge on any atom is 0.341 e. The molecule has 0 unspecified atom stereocenters. The van der Waals surface area contributed by atoms with Crippen LogP contribution in [0.4, 0.5) is 0 Å². The lowest BCUT2D eigenvalue weighted by Gasteiger charge is -1.98. The minimum Gasteiger partial charge on any atom is -0.177 e. The van der Waals surface area contributed by atoms with Crippen molar-refractivity contribution in [1.29, 1.82) is 0 Å². The second-order valence-electron chi connectivity index (χ2n) is 6.83. The Morgan fingerprint density at radius 2 is 1.14 bits per heavy atom. The van der Waals surface area contributed by atoms with Crippen LogP contribution in [0.15, 0.2) is 84.9 Å². The highest BCUT2D eigenvalue weighted by Crippen LogP contribution is 2.24. The Labute approximate surface area is 177 Å². The van der Waals surface area contributed by atoms with Gasteiger partial charge in [-0.3, -0.25) is 0 Å². The van der Waals surface area contributed by atoms with Gasteiger partial charge < -0.3 is 0 Å². The lowest BCUT2D eigenvalue weighted by Crippen LogP contribution is -1.76. The lowest BCUT2D eigenvalue weighted by atomic mass is 10.1. The van der Waals surface area contributed by atoms with Crippen LogP contribution in [0.5, 0.6) is 0 Å². The number of rotatable bonds is 4. The summed E-state index contributed by atoms with van der Waals surface area (Å²) < 4.78 is 0. The molecule has 0 spiro atoms. The first kappa shape index (κ1) is 17.9. The van der Waals surface area contributed by atoms with Gasteiger partial charge in [-0.1, -0.05) is 78.9 Å². The van der Waals surface area contributed by atoms with Gasteiger partial charge >= 0.3 is 15.3 Å². The molecule has 3 heteroatoms. The average molecular weight is 409 g/mol. The van der Waals surface area contributed by atoms with Crippen LogP contribution in [-0.2, 0) is 0 Å². The number of hydrogen-bond donors (Lipinski definition) is 0. The Hall–Kier alpha value is -3.14. The van der Waals surface area contributed by atoms with Gasteiger partial charge in [-0.2, -0.15) is 4.98 Å². The molecule has 0 bridgehead atoms. The lowest BCUT2D eigenvalue weighted by molar-refractivity contribution is 1.39. The number of nitrogens with zero attached hydrogens (tertiary/aromatic N) is 1. The van der Waals surface area contributed by atoms with Gasteiger partial charge in [-0.15, -0.1) is 0 Å². The van der Waals surface area contributed by atoms with Crippen LogP contribution < -0.4 is 0 Å². The molecule has 0 N–H and O–H groups in total. The van der Waals surface area contributed by atoms with Crippen molar-refractivity contribution >= 4 is 66.5 Å². The van der Waals surface area contributed by atoms with E-state index in [2.05, 4.69) is 109 Å². The van der Waals surface area contributed by atoms with E-state index in [9.17, 15) is 0 Å². The second kappa shape index (κ2) is 8.08. The van der Waals surface area contributed by atoms with Gasteiger partial charge in [-0.05, 0) is 57.0 Å². The van der Waals surface area contributed by atoms with Crippen molar-refractivity contribution < 1.29 is 0 Å². The molecule has 1 aromatic heterocycles. The van der Waals surface area contributed by atoms with Crippen molar-refractivity contribution in [2.24, 2.45) is 0 Å². The highest BCUT2D eigenvalue weighted by molar-refractivity contribution is 7.69. The smallest absolute Gasteiger partial charge is 0.177 e. The molecular weight excluding hydrogens is 390 g/mol. The Morgan fingerprint density at radius 1 is 0.586 bits per heavy atom. The van der Waals surface area contributed by atoms with Gasteiger partial charge in [-0.25, -0.2) is 0 Å². The molecule has 0 aliphatic heterocycles. The van der Waals surface area contributed by atoms with Crippen LogP contribution in [0, 0.1) is 0 Å². The van der Waals surface area contributed by atoms with E-state index in [1.54, 1.807) is 20.7 Å². The third-order valence-electron chi connectivity index (χ3n) is 4.82. The van der Waals surface area contributed by atoms with Crippen LogP contribution in [-0.4, -0.2) is 4.98 Å². The van der Waals surface area contributed by atoms with E-state index in [1.807, 2.05) is 0 Å². The van der Waals surface area contributed by atoms with Crippen LogP contribution in [0.1, 0.15) is 21.1 Å². The number of fused-ring (bicyclic) bond motifs is 2. The molecule has 0 radical (unpaired) electrons. The molecule has 1 nitrogen and oxygen atoms in total. The Balaban J connectivity index is 1.32. The number of benzene rings is 4. The minimum absolute atomic E-state index is 1.03. The predicted octanol–water partition coefficient (Wildman–Crippen LogP) is 8.13. The highest BCUT2D eigenvalue weighted by Gasteiger charge is 2.10. The molecule has 138 valence electrons. The maximum atomic E-state index is 4.73. The average Bonchev–Trinajstić information content (AvgIpc) is 3.24. The summed E-state index contributed by atoms with van der Waals surface area (Å²) in [5, 5.41) is 7.11. The molecule has 5 aromatic rings. The molecule has 0 aliphatic rings. The van der Waals surface area contributed by atoms with E-state index in [1.165, 1.54) is 32.7 Å². The molecule has 0 saturated carbocycles. The van der Waals surface area contributed by atoms with Crippen molar-refractivity contribution in [1.82, 2.24) is 4.98 Å². The summed E-state index contributed by atoms with van der Waals surface area (Å²) >= 11 is 0. The zero-order chi connectivity index (χ0) is 19.5.